The van der Waals surface area contributed by atoms with Crippen molar-refractivity contribution >= 4 is 17.3 Å². The lowest BCUT2D eigenvalue weighted by Gasteiger charge is -2.34. The minimum atomic E-state index is -0.311. The number of hydrogen-bond acceptors (Lipinski definition) is 5. The molecule has 2 aliphatic heterocycles. The Morgan fingerprint density at radius 1 is 1.40 bits per heavy atom. The van der Waals surface area contributed by atoms with Crippen LogP contribution in [0.5, 0.6) is 0 Å². The fourth-order valence-electron chi connectivity index (χ4n) is 3.01. The van der Waals surface area contributed by atoms with E-state index in [-0.39, 0.29) is 18.2 Å². The van der Waals surface area contributed by atoms with Gasteiger partial charge in [0, 0.05) is 18.8 Å². The Kier molecular flexibility index (Phi) is 3.53. The van der Waals surface area contributed by atoms with E-state index in [1.807, 2.05) is 12.1 Å². The smallest absolute Gasteiger partial charge is 0.340 e. The quantitative estimate of drug-likeness (QED) is 0.674. The maximum Gasteiger partial charge on any atom is 0.340 e. The number of anilines is 2. The van der Waals surface area contributed by atoms with Crippen molar-refractivity contribution in [1.82, 2.24) is 0 Å². The lowest BCUT2D eigenvalue weighted by molar-refractivity contribution is 0.0301. The van der Waals surface area contributed by atoms with E-state index in [0.29, 0.717) is 17.9 Å². The van der Waals surface area contributed by atoms with Crippen molar-refractivity contribution in [1.29, 1.82) is 0 Å². The van der Waals surface area contributed by atoms with Crippen LogP contribution in [-0.4, -0.2) is 37.9 Å². The highest BCUT2D eigenvalue weighted by Gasteiger charge is 2.35. The summed E-state index contributed by atoms with van der Waals surface area (Å²) in [6.07, 6.45) is 2.76. The zero-order valence-corrected chi connectivity index (χ0v) is 11.7. The molecule has 3 rings (SSSR count). The van der Waals surface area contributed by atoms with E-state index >= 15 is 0 Å². The molecule has 2 aliphatic rings. The Bertz CT molecular complexity index is 506. The number of benzene rings is 1. The minimum absolute atomic E-state index is 0.279. The van der Waals surface area contributed by atoms with Crippen molar-refractivity contribution in [2.45, 2.75) is 32.0 Å². The number of ether oxygens (including phenoxy) is 2. The zero-order chi connectivity index (χ0) is 14.1. The molecule has 0 saturated carbocycles. The highest BCUT2D eigenvalue weighted by molar-refractivity contribution is 5.97. The summed E-state index contributed by atoms with van der Waals surface area (Å²) in [5, 5.41) is 0. The van der Waals surface area contributed by atoms with Crippen LogP contribution < -0.4 is 10.6 Å². The van der Waals surface area contributed by atoms with Gasteiger partial charge < -0.3 is 20.1 Å². The molecule has 20 heavy (non-hydrogen) atoms. The number of esters is 1. The van der Waals surface area contributed by atoms with Gasteiger partial charge in [0.2, 0.25) is 0 Å². The van der Waals surface area contributed by atoms with Crippen molar-refractivity contribution < 1.29 is 14.3 Å². The van der Waals surface area contributed by atoms with Crippen molar-refractivity contribution in [2.75, 3.05) is 30.3 Å². The SMILES string of the molecule is CCOC(=O)c1cc(N)ccc1N1CC2CCC(C1)O2. The van der Waals surface area contributed by atoms with Gasteiger partial charge in [-0.05, 0) is 38.0 Å². The molecule has 2 atom stereocenters. The average molecular weight is 276 g/mol. The molecule has 0 amide bonds. The summed E-state index contributed by atoms with van der Waals surface area (Å²) in [6.45, 7) is 3.82. The number of rotatable bonds is 3. The van der Waals surface area contributed by atoms with E-state index in [1.54, 1.807) is 13.0 Å². The topological polar surface area (TPSA) is 64.8 Å². The monoisotopic (exact) mass is 276 g/mol. The molecule has 0 spiro atoms. The van der Waals surface area contributed by atoms with Gasteiger partial charge in [-0.2, -0.15) is 0 Å². The molecular formula is C15H20N2O3. The van der Waals surface area contributed by atoms with E-state index in [1.165, 1.54) is 0 Å². The van der Waals surface area contributed by atoms with Crippen molar-refractivity contribution in [3.63, 3.8) is 0 Å². The summed E-state index contributed by atoms with van der Waals surface area (Å²) in [7, 11) is 0. The molecule has 0 aliphatic carbocycles. The molecule has 2 saturated heterocycles. The third-order valence-corrected chi connectivity index (χ3v) is 3.90. The van der Waals surface area contributed by atoms with Crippen molar-refractivity contribution in [3.05, 3.63) is 23.8 Å². The molecule has 2 heterocycles. The fourth-order valence-corrected chi connectivity index (χ4v) is 3.01. The van der Waals surface area contributed by atoms with Gasteiger partial charge in [-0.3, -0.25) is 0 Å². The van der Waals surface area contributed by atoms with Gasteiger partial charge in [0.1, 0.15) is 0 Å². The average Bonchev–Trinajstić information content (AvgIpc) is 2.77. The van der Waals surface area contributed by atoms with Crippen molar-refractivity contribution in [3.8, 4) is 0 Å². The molecule has 2 unspecified atom stereocenters. The minimum Gasteiger partial charge on any atom is -0.462 e. The van der Waals surface area contributed by atoms with Crippen LogP contribution in [0.25, 0.3) is 0 Å². The predicted octanol–water partition coefficient (Wildman–Crippen LogP) is 1.81. The second kappa shape index (κ2) is 5.32. The van der Waals surface area contributed by atoms with E-state index in [4.69, 9.17) is 15.2 Å². The van der Waals surface area contributed by atoms with Gasteiger partial charge in [-0.25, -0.2) is 4.79 Å². The lowest BCUT2D eigenvalue weighted by Crippen LogP contribution is -2.43. The molecule has 1 aromatic rings. The molecule has 2 bridgehead atoms. The van der Waals surface area contributed by atoms with Crippen LogP contribution in [0.2, 0.25) is 0 Å². The van der Waals surface area contributed by atoms with Crippen molar-refractivity contribution in [2.24, 2.45) is 0 Å². The zero-order valence-electron chi connectivity index (χ0n) is 11.7. The molecule has 1 aromatic carbocycles. The molecule has 5 heteroatoms. The predicted molar refractivity (Wildman–Crippen MR) is 76.9 cm³/mol. The Morgan fingerprint density at radius 3 is 2.75 bits per heavy atom. The molecule has 2 N–H and O–H groups in total. The first-order valence-corrected chi connectivity index (χ1v) is 7.14. The maximum atomic E-state index is 12.1. The summed E-state index contributed by atoms with van der Waals surface area (Å²) in [5.41, 5.74) is 7.83. The molecule has 0 aromatic heterocycles. The van der Waals surface area contributed by atoms with Crippen LogP contribution in [0, 0.1) is 0 Å². The van der Waals surface area contributed by atoms with E-state index < -0.39 is 0 Å². The number of nitrogen functional groups attached to an aromatic ring is 1. The third kappa shape index (κ3) is 2.45. The first-order valence-electron chi connectivity index (χ1n) is 7.14. The van der Waals surface area contributed by atoms with E-state index in [2.05, 4.69) is 4.90 Å². The van der Waals surface area contributed by atoms with Gasteiger partial charge in [-0.15, -0.1) is 0 Å². The third-order valence-electron chi connectivity index (χ3n) is 3.90. The standard InChI is InChI=1S/C15H20N2O3/c1-2-19-15(18)13-7-10(16)3-6-14(13)17-8-11-4-5-12(9-17)20-11/h3,6-7,11-12H,2,4-5,8-9,16H2,1H3. The highest BCUT2D eigenvalue weighted by atomic mass is 16.5. The van der Waals surface area contributed by atoms with Crippen LogP contribution in [0.1, 0.15) is 30.1 Å². The number of carbonyl (C=O) groups excluding carboxylic acids is 1. The second-order valence-corrected chi connectivity index (χ2v) is 5.36. The number of nitrogens with two attached hydrogens (primary N) is 1. The first kappa shape index (κ1) is 13.2. The summed E-state index contributed by atoms with van der Waals surface area (Å²) in [6, 6.07) is 5.44. The Balaban J connectivity index is 1.90. The van der Waals surface area contributed by atoms with Crippen LogP contribution in [0.3, 0.4) is 0 Å². The van der Waals surface area contributed by atoms with Crippen LogP contribution >= 0.6 is 0 Å². The van der Waals surface area contributed by atoms with Gasteiger partial charge in [0.05, 0.1) is 30.1 Å². The molecule has 2 fully saturated rings. The number of carbonyl (C=O) groups is 1. The van der Waals surface area contributed by atoms with E-state index in [9.17, 15) is 4.79 Å². The van der Waals surface area contributed by atoms with Gasteiger partial charge in [-0.1, -0.05) is 0 Å². The number of morpholine rings is 1. The molecule has 0 radical (unpaired) electrons. The summed E-state index contributed by atoms with van der Waals surface area (Å²) >= 11 is 0. The first-order chi connectivity index (χ1) is 9.67. The van der Waals surface area contributed by atoms with Gasteiger partial charge in [0.25, 0.3) is 0 Å². The summed E-state index contributed by atoms with van der Waals surface area (Å²) < 4.78 is 11.0. The second-order valence-electron chi connectivity index (χ2n) is 5.36. The fraction of sp³-hybridized carbons (Fsp3) is 0.533. The van der Waals surface area contributed by atoms with Crippen LogP contribution in [0.15, 0.2) is 18.2 Å². The molecular weight excluding hydrogens is 256 g/mol. The van der Waals surface area contributed by atoms with Crippen LogP contribution in [-0.2, 0) is 9.47 Å². The largest absolute Gasteiger partial charge is 0.462 e. The number of nitrogens with zero attached hydrogens (tertiary/aromatic N) is 1. The number of hydrogen-bond donors (Lipinski definition) is 1. The normalized spacial score (nSPS) is 24.8. The summed E-state index contributed by atoms with van der Waals surface area (Å²) in [4.78, 5) is 14.3. The Morgan fingerprint density at radius 2 is 2.10 bits per heavy atom. The maximum absolute atomic E-state index is 12.1. The van der Waals surface area contributed by atoms with Gasteiger partial charge in [0.15, 0.2) is 0 Å². The van der Waals surface area contributed by atoms with Gasteiger partial charge >= 0.3 is 5.97 Å². The Hall–Kier alpha value is -1.75. The molecule has 108 valence electrons. The lowest BCUT2D eigenvalue weighted by atomic mass is 10.1. The van der Waals surface area contributed by atoms with E-state index in [0.717, 1.165) is 31.6 Å². The van der Waals surface area contributed by atoms with Crippen LogP contribution in [0.4, 0.5) is 11.4 Å². The summed E-state index contributed by atoms with van der Waals surface area (Å²) in [5.74, 6) is -0.311. The Labute approximate surface area is 118 Å². The number of fused-ring (bicyclic) bond motifs is 2. The molecule has 5 nitrogen and oxygen atoms in total. The highest BCUT2D eigenvalue weighted by Crippen LogP contribution is 2.32.